The number of H-pyrrole nitrogens is 1. The Morgan fingerprint density at radius 2 is 2.20 bits per heavy atom. The minimum absolute atomic E-state index is 0.239. The first kappa shape index (κ1) is 11.2. The molecule has 0 aliphatic carbocycles. The van der Waals surface area contributed by atoms with E-state index in [9.17, 15) is 18.4 Å². The van der Waals surface area contributed by atoms with E-state index in [4.69, 9.17) is 10.8 Å². The molecule has 15 heavy (non-hydrogen) atoms. The Balaban J connectivity index is 3.33. The topological polar surface area (TPSA) is 96.2 Å². The van der Waals surface area contributed by atoms with Crippen LogP contribution in [0.25, 0.3) is 0 Å². The van der Waals surface area contributed by atoms with E-state index in [1.54, 1.807) is 0 Å². The second-order valence-corrected chi connectivity index (χ2v) is 2.85. The van der Waals surface area contributed by atoms with Gasteiger partial charge >= 0.3 is 5.97 Å². The molecule has 0 aromatic carbocycles. The number of nitrogens with one attached hydrogen (secondary N) is 1. The molecule has 0 aliphatic heterocycles. The van der Waals surface area contributed by atoms with Gasteiger partial charge in [0.2, 0.25) is 5.56 Å². The summed E-state index contributed by atoms with van der Waals surface area (Å²) < 4.78 is 24.8. The number of alkyl halides is 2. The first-order chi connectivity index (χ1) is 6.91. The van der Waals surface area contributed by atoms with Crippen LogP contribution >= 0.6 is 0 Å². The fraction of sp³-hybridized carbons (Fsp3) is 0.250. The highest BCUT2D eigenvalue weighted by Gasteiger charge is 2.18. The van der Waals surface area contributed by atoms with E-state index in [0.717, 1.165) is 6.07 Å². The highest BCUT2D eigenvalue weighted by molar-refractivity contribution is 5.73. The van der Waals surface area contributed by atoms with Gasteiger partial charge in [-0.3, -0.25) is 9.59 Å². The number of pyridine rings is 1. The van der Waals surface area contributed by atoms with Crippen LogP contribution in [0.2, 0.25) is 0 Å². The standard InChI is InChI=1S/C8H8F2N2O3/c9-8(10)7-3(1-6(14)15)4(11)2-5(13)12-7/h2,8H,1H2,(H,14,15)(H3,11,12,13). The summed E-state index contributed by atoms with van der Waals surface area (Å²) in [6.45, 7) is 0. The summed E-state index contributed by atoms with van der Waals surface area (Å²) in [7, 11) is 0. The molecule has 0 spiro atoms. The number of rotatable bonds is 3. The quantitative estimate of drug-likeness (QED) is 0.689. The lowest BCUT2D eigenvalue weighted by atomic mass is 10.1. The number of nitrogen functional groups attached to an aromatic ring is 1. The van der Waals surface area contributed by atoms with Gasteiger partial charge < -0.3 is 15.8 Å². The zero-order valence-electron chi connectivity index (χ0n) is 7.46. The Hall–Kier alpha value is -1.92. The molecule has 0 amide bonds. The molecule has 7 heteroatoms. The van der Waals surface area contributed by atoms with Crippen LogP contribution in [-0.4, -0.2) is 16.1 Å². The maximum Gasteiger partial charge on any atom is 0.307 e. The average Bonchev–Trinajstić information content (AvgIpc) is 2.08. The molecule has 4 N–H and O–H groups in total. The van der Waals surface area contributed by atoms with Crippen molar-refractivity contribution in [1.29, 1.82) is 0 Å². The maximum atomic E-state index is 12.4. The predicted octanol–water partition coefficient (Wildman–Crippen LogP) is 0.522. The smallest absolute Gasteiger partial charge is 0.307 e. The van der Waals surface area contributed by atoms with Crippen LogP contribution in [0.15, 0.2) is 10.9 Å². The number of carbonyl (C=O) groups is 1. The number of halogens is 2. The number of aromatic amines is 1. The van der Waals surface area contributed by atoms with Crippen LogP contribution in [0.3, 0.4) is 0 Å². The van der Waals surface area contributed by atoms with Crippen molar-refractivity contribution in [2.24, 2.45) is 0 Å². The van der Waals surface area contributed by atoms with Gasteiger partial charge in [-0.25, -0.2) is 8.78 Å². The molecule has 0 fully saturated rings. The normalized spacial score (nSPS) is 10.6. The lowest BCUT2D eigenvalue weighted by Gasteiger charge is -2.08. The van der Waals surface area contributed by atoms with Crippen LogP contribution in [0, 0.1) is 0 Å². The van der Waals surface area contributed by atoms with Gasteiger partial charge in [-0.2, -0.15) is 0 Å². The summed E-state index contributed by atoms with van der Waals surface area (Å²) in [6, 6.07) is 0.879. The monoisotopic (exact) mass is 218 g/mol. The molecule has 0 bridgehead atoms. The molecule has 0 saturated carbocycles. The van der Waals surface area contributed by atoms with Gasteiger partial charge in [0, 0.05) is 17.3 Å². The molecule has 5 nitrogen and oxygen atoms in total. The zero-order chi connectivity index (χ0) is 11.6. The van der Waals surface area contributed by atoms with Gasteiger partial charge in [0.15, 0.2) is 0 Å². The fourth-order valence-electron chi connectivity index (χ4n) is 1.16. The second-order valence-electron chi connectivity index (χ2n) is 2.85. The molecule has 1 rings (SSSR count). The number of hydrogen-bond acceptors (Lipinski definition) is 3. The van der Waals surface area contributed by atoms with Crippen molar-refractivity contribution in [3.63, 3.8) is 0 Å². The number of hydrogen-bond donors (Lipinski definition) is 3. The SMILES string of the molecule is Nc1cc(=O)[nH]c(C(F)F)c1CC(=O)O. The Morgan fingerprint density at radius 1 is 1.60 bits per heavy atom. The molecular weight excluding hydrogens is 210 g/mol. The lowest BCUT2D eigenvalue weighted by molar-refractivity contribution is -0.136. The molecule has 0 radical (unpaired) electrons. The van der Waals surface area contributed by atoms with Crippen LogP contribution < -0.4 is 11.3 Å². The van der Waals surface area contributed by atoms with E-state index in [0.29, 0.717) is 0 Å². The van der Waals surface area contributed by atoms with E-state index >= 15 is 0 Å². The van der Waals surface area contributed by atoms with Crippen molar-refractivity contribution < 1.29 is 18.7 Å². The van der Waals surface area contributed by atoms with Crippen LogP contribution in [-0.2, 0) is 11.2 Å². The predicted molar refractivity (Wildman–Crippen MR) is 47.8 cm³/mol. The Labute approximate surface area is 82.5 Å². The van der Waals surface area contributed by atoms with Crippen LogP contribution in [0.4, 0.5) is 14.5 Å². The fourth-order valence-corrected chi connectivity index (χ4v) is 1.16. The second kappa shape index (κ2) is 4.07. The first-order valence-corrected chi connectivity index (χ1v) is 3.93. The third-order valence-corrected chi connectivity index (χ3v) is 1.76. The van der Waals surface area contributed by atoms with Gasteiger partial charge in [-0.05, 0) is 0 Å². The highest BCUT2D eigenvalue weighted by Crippen LogP contribution is 2.23. The summed E-state index contributed by atoms with van der Waals surface area (Å²) in [5.41, 5.74) is 3.29. The Morgan fingerprint density at radius 3 is 2.67 bits per heavy atom. The van der Waals surface area contributed by atoms with E-state index in [1.165, 1.54) is 0 Å². The molecule has 0 saturated heterocycles. The van der Waals surface area contributed by atoms with Crippen molar-refractivity contribution in [3.8, 4) is 0 Å². The molecule has 0 unspecified atom stereocenters. The van der Waals surface area contributed by atoms with Gasteiger partial charge in [-0.1, -0.05) is 0 Å². The number of carboxylic acid groups (broad SMARTS) is 1. The number of anilines is 1. The molecule has 82 valence electrons. The van der Waals surface area contributed by atoms with Crippen molar-refractivity contribution in [1.82, 2.24) is 4.98 Å². The molecule has 1 aromatic heterocycles. The third kappa shape index (κ3) is 2.52. The van der Waals surface area contributed by atoms with Crippen molar-refractivity contribution in [2.45, 2.75) is 12.8 Å². The summed E-state index contributed by atoms with van der Waals surface area (Å²) >= 11 is 0. The number of nitrogens with two attached hydrogens (primary N) is 1. The summed E-state index contributed by atoms with van der Waals surface area (Å²) in [5.74, 6) is -1.30. The van der Waals surface area contributed by atoms with Gasteiger partial charge in [-0.15, -0.1) is 0 Å². The van der Waals surface area contributed by atoms with Gasteiger partial charge in [0.1, 0.15) is 0 Å². The maximum absolute atomic E-state index is 12.4. The molecule has 0 aliphatic rings. The largest absolute Gasteiger partial charge is 0.481 e. The molecule has 1 heterocycles. The molecular formula is C8H8F2N2O3. The van der Waals surface area contributed by atoms with Crippen LogP contribution in [0.5, 0.6) is 0 Å². The minimum atomic E-state index is -2.96. The third-order valence-electron chi connectivity index (χ3n) is 1.76. The minimum Gasteiger partial charge on any atom is -0.481 e. The van der Waals surface area contributed by atoms with Crippen LogP contribution in [0.1, 0.15) is 17.7 Å². The van der Waals surface area contributed by atoms with E-state index in [2.05, 4.69) is 0 Å². The summed E-state index contributed by atoms with van der Waals surface area (Å²) in [5, 5.41) is 8.47. The van der Waals surface area contributed by atoms with Crippen molar-refractivity contribution in [2.75, 3.05) is 5.73 Å². The van der Waals surface area contributed by atoms with E-state index in [-0.39, 0.29) is 11.3 Å². The summed E-state index contributed by atoms with van der Waals surface area (Å²) in [4.78, 5) is 23.1. The van der Waals surface area contributed by atoms with E-state index < -0.39 is 30.1 Å². The average molecular weight is 218 g/mol. The lowest BCUT2D eigenvalue weighted by Crippen LogP contribution is -2.16. The number of carboxylic acids is 1. The number of aliphatic carboxylic acids is 1. The van der Waals surface area contributed by atoms with E-state index in [1.807, 2.05) is 4.98 Å². The number of aromatic nitrogens is 1. The van der Waals surface area contributed by atoms with Crippen molar-refractivity contribution in [3.05, 3.63) is 27.7 Å². The highest BCUT2D eigenvalue weighted by atomic mass is 19.3. The molecule has 0 atom stereocenters. The van der Waals surface area contributed by atoms with Gasteiger partial charge in [0.25, 0.3) is 6.43 Å². The van der Waals surface area contributed by atoms with Gasteiger partial charge in [0.05, 0.1) is 12.1 Å². The Bertz CT molecular complexity index is 442. The van der Waals surface area contributed by atoms with Crippen molar-refractivity contribution >= 4 is 11.7 Å². The first-order valence-electron chi connectivity index (χ1n) is 3.93. The summed E-state index contributed by atoms with van der Waals surface area (Å²) in [6.07, 6.45) is -3.61. The Kier molecular flexibility index (Phi) is 3.03. The zero-order valence-corrected chi connectivity index (χ0v) is 7.46. The molecule has 1 aromatic rings.